The number of benzene rings is 1. The van der Waals surface area contributed by atoms with Crippen molar-refractivity contribution in [3.8, 4) is 0 Å². The minimum absolute atomic E-state index is 0.0912. The lowest BCUT2D eigenvalue weighted by Gasteiger charge is -2.31. The maximum atomic E-state index is 12.5. The fourth-order valence-corrected chi connectivity index (χ4v) is 3.77. The van der Waals surface area contributed by atoms with Crippen LogP contribution in [0, 0.1) is 19.8 Å². The molecule has 3 heteroatoms. The Balaban J connectivity index is 2.12. The molecule has 1 fully saturated rings. The SMILES string of the molecule is Cc1cccc(C)c1C(=O)NC1CCCCC1CBr. The number of nitrogens with one attached hydrogen (secondary N) is 1. The Hall–Kier alpha value is -0.830. The minimum atomic E-state index is 0.0912. The summed E-state index contributed by atoms with van der Waals surface area (Å²) in [7, 11) is 0. The van der Waals surface area contributed by atoms with Crippen molar-refractivity contribution in [3.63, 3.8) is 0 Å². The molecule has 2 nitrogen and oxygen atoms in total. The fourth-order valence-electron chi connectivity index (χ4n) is 3.00. The van der Waals surface area contributed by atoms with E-state index in [9.17, 15) is 4.79 Å². The molecule has 1 aliphatic rings. The van der Waals surface area contributed by atoms with Crippen molar-refractivity contribution in [2.24, 2.45) is 5.92 Å². The summed E-state index contributed by atoms with van der Waals surface area (Å²) in [6, 6.07) is 6.33. The van der Waals surface area contributed by atoms with Gasteiger partial charge in [0.1, 0.15) is 0 Å². The molecule has 2 atom stereocenters. The highest BCUT2D eigenvalue weighted by molar-refractivity contribution is 9.09. The van der Waals surface area contributed by atoms with Gasteiger partial charge >= 0.3 is 0 Å². The average Bonchev–Trinajstić information content (AvgIpc) is 2.39. The van der Waals surface area contributed by atoms with E-state index in [4.69, 9.17) is 0 Å². The molecule has 2 rings (SSSR count). The van der Waals surface area contributed by atoms with Crippen LogP contribution in [0.5, 0.6) is 0 Å². The van der Waals surface area contributed by atoms with Crippen LogP contribution in [0.4, 0.5) is 0 Å². The van der Waals surface area contributed by atoms with E-state index in [1.807, 2.05) is 32.0 Å². The molecule has 1 aromatic rings. The van der Waals surface area contributed by atoms with Crippen LogP contribution in [-0.2, 0) is 0 Å². The number of amides is 1. The van der Waals surface area contributed by atoms with Gasteiger partial charge in [-0.05, 0) is 43.7 Å². The molecule has 1 aliphatic carbocycles. The second kappa shape index (κ2) is 6.56. The lowest BCUT2D eigenvalue weighted by molar-refractivity contribution is 0.0910. The van der Waals surface area contributed by atoms with Crippen LogP contribution in [0.15, 0.2) is 18.2 Å². The van der Waals surface area contributed by atoms with E-state index < -0.39 is 0 Å². The smallest absolute Gasteiger partial charge is 0.252 e. The Morgan fingerprint density at radius 1 is 1.26 bits per heavy atom. The summed E-state index contributed by atoms with van der Waals surface area (Å²) in [4.78, 5) is 12.5. The van der Waals surface area contributed by atoms with Crippen molar-refractivity contribution in [2.45, 2.75) is 45.6 Å². The van der Waals surface area contributed by atoms with Crippen LogP contribution in [0.1, 0.15) is 47.2 Å². The second-order valence-corrected chi connectivity index (χ2v) is 6.19. The predicted octanol–water partition coefficient (Wildman–Crippen LogP) is 3.99. The van der Waals surface area contributed by atoms with Gasteiger partial charge in [0, 0.05) is 16.9 Å². The molecular weight excluding hydrogens is 302 g/mol. The summed E-state index contributed by atoms with van der Waals surface area (Å²) < 4.78 is 0. The Kier molecular flexibility index (Phi) is 5.03. The summed E-state index contributed by atoms with van der Waals surface area (Å²) in [6.45, 7) is 4.01. The largest absolute Gasteiger partial charge is 0.349 e. The summed E-state index contributed by atoms with van der Waals surface area (Å²) in [6.07, 6.45) is 4.82. The molecule has 1 saturated carbocycles. The molecule has 1 aromatic carbocycles. The Bertz CT molecular complexity index is 438. The molecule has 0 spiro atoms. The zero-order valence-corrected chi connectivity index (χ0v) is 13.3. The van der Waals surface area contributed by atoms with E-state index in [2.05, 4.69) is 21.2 Å². The van der Waals surface area contributed by atoms with Gasteiger partial charge in [-0.15, -0.1) is 0 Å². The van der Waals surface area contributed by atoms with Crippen molar-refractivity contribution in [2.75, 3.05) is 5.33 Å². The molecule has 1 amide bonds. The lowest BCUT2D eigenvalue weighted by atomic mass is 9.85. The van der Waals surface area contributed by atoms with E-state index in [0.717, 1.165) is 28.4 Å². The van der Waals surface area contributed by atoms with E-state index in [0.29, 0.717) is 12.0 Å². The molecule has 0 aliphatic heterocycles. The minimum Gasteiger partial charge on any atom is -0.349 e. The third-order valence-corrected chi connectivity index (χ3v) is 4.96. The summed E-state index contributed by atoms with van der Waals surface area (Å²) >= 11 is 3.58. The highest BCUT2D eigenvalue weighted by Crippen LogP contribution is 2.26. The molecule has 1 N–H and O–H groups in total. The quantitative estimate of drug-likeness (QED) is 0.837. The van der Waals surface area contributed by atoms with Gasteiger partial charge in [-0.2, -0.15) is 0 Å². The topological polar surface area (TPSA) is 29.1 Å². The third kappa shape index (κ3) is 3.38. The maximum absolute atomic E-state index is 12.5. The second-order valence-electron chi connectivity index (χ2n) is 5.55. The van der Waals surface area contributed by atoms with Crippen LogP contribution in [-0.4, -0.2) is 17.3 Å². The van der Waals surface area contributed by atoms with Gasteiger partial charge in [0.2, 0.25) is 0 Å². The number of alkyl halides is 1. The first-order chi connectivity index (χ1) is 9.13. The lowest BCUT2D eigenvalue weighted by Crippen LogP contribution is -2.43. The number of carbonyl (C=O) groups is 1. The van der Waals surface area contributed by atoms with Gasteiger partial charge in [-0.25, -0.2) is 0 Å². The molecule has 19 heavy (non-hydrogen) atoms. The monoisotopic (exact) mass is 323 g/mol. The Labute approximate surface area is 124 Å². The van der Waals surface area contributed by atoms with E-state index in [1.165, 1.54) is 19.3 Å². The zero-order valence-electron chi connectivity index (χ0n) is 11.7. The van der Waals surface area contributed by atoms with Crippen molar-refractivity contribution >= 4 is 21.8 Å². The number of rotatable bonds is 3. The molecule has 104 valence electrons. The molecule has 0 saturated heterocycles. The van der Waals surface area contributed by atoms with Crippen LogP contribution < -0.4 is 5.32 Å². The van der Waals surface area contributed by atoms with Crippen LogP contribution in [0.2, 0.25) is 0 Å². The number of aryl methyl sites for hydroxylation is 2. The highest BCUT2D eigenvalue weighted by atomic mass is 79.9. The molecule has 0 heterocycles. The average molecular weight is 324 g/mol. The normalized spacial score (nSPS) is 23.1. The van der Waals surface area contributed by atoms with Crippen molar-refractivity contribution in [1.29, 1.82) is 0 Å². The van der Waals surface area contributed by atoms with Crippen LogP contribution >= 0.6 is 15.9 Å². The zero-order chi connectivity index (χ0) is 13.8. The predicted molar refractivity (Wildman–Crippen MR) is 82.9 cm³/mol. The van der Waals surface area contributed by atoms with Crippen LogP contribution in [0.25, 0.3) is 0 Å². The Morgan fingerprint density at radius 3 is 2.53 bits per heavy atom. The summed E-state index contributed by atoms with van der Waals surface area (Å²) in [5.41, 5.74) is 2.97. The van der Waals surface area contributed by atoms with Crippen molar-refractivity contribution in [3.05, 3.63) is 34.9 Å². The first-order valence-electron chi connectivity index (χ1n) is 7.06. The molecule has 2 unspecified atom stereocenters. The summed E-state index contributed by atoms with van der Waals surface area (Å²) in [5, 5.41) is 4.23. The van der Waals surface area contributed by atoms with Crippen molar-refractivity contribution in [1.82, 2.24) is 5.32 Å². The van der Waals surface area contributed by atoms with Gasteiger partial charge in [-0.1, -0.05) is 47.0 Å². The number of hydrogen-bond donors (Lipinski definition) is 1. The van der Waals surface area contributed by atoms with Gasteiger partial charge in [0.05, 0.1) is 0 Å². The fraction of sp³-hybridized carbons (Fsp3) is 0.562. The molecular formula is C16H22BrNO. The van der Waals surface area contributed by atoms with E-state index in [-0.39, 0.29) is 5.91 Å². The maximum Gasteiger partial charge on any atom is 0.252 e. The molecule has 0 aromatic heterocycles. The number of hydrogen-bond acceptors (Lipinski definition) is 1. The molecule has 0 radical (unpaired) electrons. The molecule has 0 bridgehead atoms. The first-order valence-corrected chi connectivity index (χ1v) is 8.18. The summed E-state index contributed by atoms with van der Waals surface area (Å²) in [5.74, 6) is 0.662. The van der Waals surface area contributed by atoms with E-state index >= 15 is 0 Å². The van der Waals surface area contributed by atoms with Gasteiger partial charge in [0.15, 0.2) is 0 Å². The number of halogens is 1. The van der Waals surface area contributed by atoms with Crippen LogP contribution in [0.3, 0.4) is 0 Å². The Morgan fingerprint density at radius 2 is 1.89 bits per heavy atom. The van der Waals surface area contributed by atoms with E-state index in [1.54, 1.807) is 0 Å². The van der Waals surface area contributed by atoms with Crippen molar-refractivity contribution < 1.29 is 4.79 Å². The van der Waals surface area contributed by atoms with Gasteiger partial charge in [0.25, 0.3) is 5.91 Å². The standard InChI is InChI=1S/C16H22BrNO/c1-11-6-5-7-12(2)15(11)16(19)18-14-9-4-3-8-13(14)10-17/h5-7,13-14H,3-4,8-10H2,1-2H3,(H,18,19). The van der Waals surface area contributed by atoms with Gasteiger partial charge in [-0.3, -0.25) is 4.79 Å². The third-order valence-electron chi connectivity index (χ3n) is 4.13. The number of carbonyl (C=O) groups excluding carboxylic acids is 1. The highest BCUT2D eigenvalue weighted by Gasteiger charge is 2.26. The first kappa shape index (κ1) is 14.6. The van der Waals surface area contributed by atoms with Gasteiger partial charge < -0.3 is 5.32 Å².